The fraction of sp³-hybridized carbons (Fsp3) is 0.333. The summed E-state index contributed by atoms with van der Waals surface area (Å²) >= 11 is 0. The highest BCUT2D eigenvalue weighted by Crippen LogP contribution is 2.57. The van der Waals surface area contributed by atoms with E-state index in [0.717, 1.165) is 0 Å². The van der Waals surface area contributed by atoms with Gasteiger partial charge in [-0.25, -0.2) is 0 Å². The Balaban J connectivity index is 1.78. The smallest absolute Gasteiger partial charge is 0.116 e. The van der Waals surface area contributed by atoms with Crippen molar-refractivity contribution >= 4 is 11.4 Å². The van der Waals surface area contributed by atoms with E-state index in [-0.39, 0.29) is 0 Å². The molecule has 0 spiro atoms. The standard InChI is InChI=1S/C15H16N4/c1-16-6-8-18-10-4-3-5-11-12(10)13(14(16)18)15-17(2)7-9-19(11)15/h3-9,13-15H,1-2H3. The number of nitrogens with zero attached hydrogens (tertiary/aromatic N) is 4. The Kier molecular flexibility index (Phi) is 1.49. The van der Waals surface area contributed by atoms with Crippen LogP contribution in [0.4, 0.5) is 11.4 Å². The van der Waals surface area contributed by atoms with E-state index in [1.807, 2.05) is 0 Å². The van der Waals surface area contributed by atoms with Gasteiger partial charge in [0.1, 0.15) is 12.3 Å². The highest BCUT2D eigenvalue weighted by atomic mass is 15.5. The van der Waals surface area contributed by atoms with Crippen molar-refractivity contribution < 1.29 is 0 Å². The second-order valence-corrected chi connectivity index (χ2v) is 5.80. The number of rotatable bonds is 0. The van der Waals surface area contributed by atoms with Crippen LogP contribution in [0, 0.1) is 0 Å². The topological polar surface area (TPSA) is 13.0 Å². The van der Waals surface area contributed by atoms with Gasteiger partial charge in [-0.2, -0.15) is 0 Å². The van der Waals surface area contributed by atoms with E-state index in [1.54, 1.807) is 0 Å². The molecule has 19 heavy (non-hydrogen) atoms. The van der Waals surface area contributed by atoms with Gasteiger partial charge in [-0.15, -0.1) is 0 Å². The molecule has 0 amide bonds. The lowest BCUT2D eigenvalue weighted by atomic mass is 9.98. The summed E-state index contributed by atoms with van der Waals surface area (Å²) in [6, 6.07) is 6.68. The Morgan fingerprint density at radius 1 is 0.789 bits per heavy atom. The Morgan fingerprint density at radius 3 is 1.84 bits per heavy atom. The first-order valence-electron chi connectivity index (χ1n) is 6.77. The summed E-state index contributed by atoms with van der Waals surface area (Å²) in [6.07, 6.45) is 9.65. The Hall–Kier alpha value is -2.10. The molecular weight excluding hydrogens is 236 g/mol. The fourth-order valence-corrected chi connectivity index (χ4v) is 4.18. The molecule has 2 atom stereocenters. The maximum absolute atomic E-state index is 2.42. The molecule has 0 bridgehead atoms. The molecule has 4 nitrogen and oxygen atoms in total. The van der Waals surface area contributed by atoms with Gasteiger partial charge in [-0.05, 0) is 12.1 Å². The van der Waals surface area contributed by atoms with Crippen molar-refractivity contribution in [2.75, 3.05) is 23.9 Å². The van der Waals surface area contributed by atoms with Crippen LogP contribution in [0.25, 0.3) is 0 Å². The maximum atomic E-state index is 2.42. The SMILES string of the molecule is CN1C=CN2c3cccc4c3C(C12)C1N(C)C=CN41. The average Bonchev–Trinajstić information content (AvgIpc) is 3.10. The summed E-state index contributed by atoms with van der Waals surface area (Å²) in [5.74, 6) is 0.520. The summed E-state index contributed by atoms with van der Waals surface area (Å²) in [6.45, 7) is 0. The first kappa shape index (κ1) is 9.78. The molecule has 4 heteroatoms. The minimum absolute atomic E-state index is 0.425. The van der Waals surface area contributed by atoms with Crippen LogP contribution < -0.4 is 9.80 Å². The molecule has 0 fully saturated rings. The third-order valence-corrected chi connectivity index (χ3v) is 4.92. The molecule has 2 unspecified atom stereocenters. The second-order valence-electron chi connectivity index (χ2n) is 5.80. The van der Waals surface area contributed by atoms with E-state index in [2.05, 4.69) is 76.7 Å². The summed E-state index contributed by atoms with van der Waals surface area (Å²) in [4.78, 5) is 9.52. The highest BCUT2D eigenvalue weighted by molar-refractivity contribution is 5.80. The second kappa shape index (κ2) is 2.90. The summed E-state index contributed by atoms with van der Waals surface area (Å²) in [5.41, 5.74) is 4.28. The van der Waals surface area contributed by atoms with Gasteiger partial charge in [-0.3, -0.25) is 0 Å². The van der Waals surface area contributed by atoms with Crippen molar-refractivity contribution in [2.45, 2.75) is 18.2 Å². The fourth-order valence-electron chi connectivity index (χ4n) is 4.18. The van der Waals surface area contributed by atoms with Gasteiger partial charge in [0.05, 0.1) is 5.92 Å². The van der Waals surface area contributed by atoms with Gasteiger partial charge < -0.3 is 19.6 Å². The van der Waals surface area contributed by atoms with Gasteiger partial charge in [0, 0.05) is 55.8 Å². The van der Waals surface area contributed by atoms with E-state index in [9.17, 15) is 0 Å². The zero-order valence-electron chi connectivity index (χ0n) is 11.1. The Bertz CT molecular complexity index is 585. The first-order chi connectivity index (χ1) is 9.27. The van der Waals surface area contributed by atoms with Crippen LogP contribution in [0.5, 0.6) is 0 Å². The summed E-state index contributed by atoms with van der Waals surface area (Å²) in [7, 11) is 4.36. The van der Waals surface area contributed by atoms with Gasteiger partial charge >= 0.3 is 0 Å². The predicted molar refractivity (Wildman–Crippen MR) is 75.5 cm³/mol. The molecular formula is C15H16N4. The van der Waals surface area contributed by atoms with Crippen LogP contribution in [0.15, 0.2) is 43.0 Å². The van der Waals surface area contributed by atoms with Crippen LogP contribution in [0.2, 0.25) is 0 Å². The largest absolute Gasteiger partial charge is 0.358 e. The zero-order chi connectivity index (χ0) is 12.7. The molecule has 4 heterocycles. The Labute approximate surface area is 112 Å². The van der Waals surface area contributed by atoms with Gasteiger partial charge in [0.15, 0.2) is 0 Å². The molecule has 5 rings (SSSR count). The lowest BCUT2D eigenvalue weighted by Crippen LogP contribution is -2.47. The highest BCUT2D eigenvalue weighted by Gasteiger charge is 2.54. The van der Waals surface area contributed by atoms with Gasteiger partial charge in [0.25, 0.3) is 0 Å². The number of hydrogen-bond donors (Lipinski definition) is 0. The van der Waals surface area contributed by atoms with Crippen LogP contribution >= 0.6 is 0 Å². The average molecular weight is 252 g/mol. The summed E-state index contributed by atoms with van der Waals surface area (Å²) < 4.78 is 0. The number of fused-ring (bicyclic) bond motifs is 6. The quantitative estimate of drug-likeness (QED) is 0.699. The van der Waals surface area contributed by atoms with Crippen LogP contribution in [0.3, 0.4) is 0 Å². The lowest BCUT2D eigenvalue weighted by Gasteiger charge is -2.35. The maximum Gasteiger partial charge on any atom is 0.116 e. The molecule has 0 radical (unpaired) electrons. The molecule has 0 saturated heterocycles. The predicted octanol–water partition coefficient (Wildman–Crippen LogP) is 1.90. The van der Waals surface area contributed by atoms with Crippen molar-refractivity contribution in [1.82, 2.24) is 9.80 Å². The molecule has 1 aromatic rings. The van der Waals surface area contributed by atoms with Gasteiger partial charge in [-0.1, -0.05) is 6.07 Å². The van der Waals surface area contributed by atoms with Crippen molar-refractivity contribution in [3.8, 4) is 0 Å². The van der Waals surface area contributed by atoms with E-state index in [0.29, 0.717) is 18.2 Å². The monoisotopic (exact) mass is 252 g/mol. The van der Waals surface area contributed by atoms with Crippen molar-refractivity contribution in [3.05, 3.63) is 48.6 Å². The molecule has 0 aliphatic carbocycles. The normalized spacial score (nSPS) is 32.4. The minimum atomic E-state index is 0.425. The molecule has 4 aliphatic heterocycles. The molecule has 0 N–H and O–H groups in total. The number of hydrogen-bond acceptors (Lipinski definition) is 4. The van der Waals surface area contributed by atoms with Crippen molar-refractivity contribution in [2.24, 2.45) is 0 Å². The molecule has 96 valence electrons. The van der Waals surface area contributed by atoms with Gasteiger partial charge in [0.2, 0.25) is 0 Å². The van der Waals surface area contributed by atoms with E-state index >= 15 is 0 Å². The summed E-state index contributed by atoms with van der Waals surface area (Å²) in [5, 5.41) is 0. The third kappa shape index (κ3) is 0.916. The minimum Gasteiger partial charge on any atom is -0.358 e. The zero-order valence-corrected chi connectivity index (χ0v) is 11.1. The van der Waals surface area contributed by atoms with E-state index in [4.69, 9.17) is 0 Å². The number of benzene rings is 1. The first-order valence-corrected chi connectivity index (χ1v) is 6.77. The molecule has 1 aromatic carbocycles. The number of likely N-dealkylation sites (N-methyl/N-ethyl adjacent to an activating group) is 2. The van der Waals surface area contributed by atoms with Crippen LogP contribution in [-0.2, 0) is 0 Å². The Morgan fingerprint density at radius 2 is 1.32 bits per heavy atom. The van der Waals surface area contributed by atoms with Crippen LogP contribution in [0.1, 0.15) is 11.5 Å². The molecule has 0 aromatic heterocycles. The van der Waals surface area contributed by atoms with Crippen molar-refractivity contribution in [1.29, 1.82) is 0 Å². The van der Waals surface area contributed by atoms with E-state index < -0.39 is 0 Å². The molecule has 4 aliphatic rings. The van der Waals surface area contributed by atoms with E-state index in [1.165, 1.54) is 16.9 Å². The number of anilines is 2. The molecule has 0 saturated carbocycles. The lowest BCUT2D eigenvalue weighted by molar-refractivity contribution is 0.237. The van der Waals surface area contributed by atoms with Crippen molar-refractivity contribution in [3.63, 3.8) is 0 Å². The third-order valence-electron chi connectivity index (χ3n) is 4.92. The van der Waals surface area contributed by atoms with Crippen LogP contribution in [-0.4, -0.2) is 36.2 Å².